The van der Waals surface area contributed by atoms with Crippen molar-refractivity contribution in [2.24, 2.45) is 0 Å². The summed E-state index contributed by atoms with van der Waals surface area (Å²) in [6.45, 7) is 2.18. The van der Waals surface area contributed by atoms with E-state index < -0.39 is 6.10 Å². The average Bonchev–Trinajstić information content (AvgIpc) is 3.06. The fraction of sp³-hybridized carbons (Fsp3) is 0.312. The van der Waals surface area contributed by atoms with Crippen molar-refractivity contribution in [1.82, 2.24) is 10.6 Å². The van der Waals surface area contributed by atoms with E-state index in [0.29, 0.717) is 5.75 Å². The molecule has 0 aliphatic rings. The summed E-state index contributed by atoms with van der Waals surface area (Å²) >= 11 is 1.49. The number of nitrogens with one attached hydrogen (secondary N) is 2. The van der Waals surface area contributed by atoms with Crippen molar-refractivity contribution in [3.8, 4) is 5.75 Å². The second-order valence-corrected chi connectivity index (χ2v) is 5.87. The first kappa shape index (κ1) is 17.2. The molecule has 5 nitrogen and oxygen atoms in total. The van der Waals surface area contributed by atoms with Crippen molar-refractivity contribution in [3.05, 3.63) is 52.5 Å². The molecule has 2 rings (SSSR count). The number of urea groups is 1. The van der Waals surface area contributed by atoms with E-state index in [1.165, 1.54) is 35.6 Å². The number of rotatable bonds is 7. The predicted molar refractivity (Wildman–Crippen MR) is 87.2 cm³/mol. The molecule has 0 bridgehead atoms. The van der Waals surface area contributed by atoms with E-state index in [0.717, 1.165) is 5.56 Å². The van der Waals surface area contributed by atoms with Crippen molar-refractivity contribution >= 4 is 17.4 Å². The molecule has 2 atom stereocenters. The number of aliphatic hydroxyl groups is 1. The number of aliphatic hydroxyl groups excluding tert-OH is 1. The van der Waals surface area contributed by atoms with E-state index in [1.807, 2.05) is 16.8 Å². The Morgan fingerprint density at radius 1 is 1.35 bits per heavy atom. The summed E-state index contributed by atoms with van der Waals surface area (Å²) in [6.07, 6.45) is -0.724. The number of carbonyl (C=O) groups excluding carboxylic acids is 1. The van der Waals surface area contributed by atoms with Crippen molar-refractivity contribution < 1.29 is 19.0 Å². The number of halogens is 1. The Hall–Kier alpha value is -2.12. The van der Waals surface area contributed by atoms with Crippen LogP contribution in [-0.4, -0.2) is 30.3 Å². The Morgan fingerprint density at radius 3 is 2.74 bits per heavy atom. The molecule has 2 amide bonds. The minimum absolute atomic E-state index is 0.133. The van der Waals surface area contributed by atoms with Crippen LogP contribution < -0.4 is 15.4 Å². The molecule has 0 aliphatic carbocycles. The van der Waals surface area contributed by atoms with Crippen molar-refractivity contribution in [3.63, 3.8) is 0 Å². The van der Waals surface area contributed by atoms with Crippen LogP contribution in [0, 0.1) is 5.82 Å². The maximum absolute atomic E-state index is 12.8. The maximum Gasteiger partial charge on any atom is 0.315 e. The van der Waals surface area contributed by atoms with E-state index in [1.54, 1.807) is 6.92 Å². The van der Waals surface area contributed by atoms with Crippen LogP contribution in [0.5, 0.6) is 5.75 Å². The zero-order valence-electron chi connectivity index (χ0n) is 12.7. The van der Waals surface area contributed by atoms with Crippen LogP contribution in [0.25, 0.3) is 0 Å². The number of carbonyl (C=O) groups is 1. The van der Waals surface area contributed by atoms with E-state index >= 15 is 0 Å². The summed E-state index contributed by atoms with van der Waals surface area (Å²) < 4.78 is 18.2. The smallest absolute Gasteiger partial charge is 0.315 e. The Labute approximate surface area is 138 Å². The summed E-state index contributed by atoms with van der Waals surface area (Å²) in [4.78, 5) is 11.7. The number of amides is 2. The fourth-order valence-electron chi connectivity index (χ4n) is 1.84. The summed E-state index contributed by atoms with van der Waals surface area (Å²) in [5.74, 6) is 0.209. The topological polar surface area (TPSA) is 70.6 Å². The van der Waals surface area contributed by atoms with Crippen LogP contribution in [-0.2, 0) is 0 Å². The molecule has 0 radical (unpaired) electrons. The minimum atomic E-state index is -0.724. The van der Waals surface area contributed by atoms with Gasteiger partial charge in [-0.3, -0.25) is 0 Å². The molecular formula is C16H19FN2O3S. The van der Waals surface area contributed by atoms with Gasteiger partial charge in [-0.05, 0) is 53.6 Å². The van der Waals surface area contributed by atoms with Gasteiger partial charge in [-0.1, -0.05) is 0 Å². The number of benzene rings is 1. The number of ether oxygens (including phenoxy) is 1. The third kappa shape index (κ3) is 5.88. The second-order valence-electron chi connectivity index (χ2n) is 5.09. The van der Waals surface area contributed by atoms with Gasteiger partial charge in [-0.25, -0.2) is 9.18 Å². The zero-order valence-corrected chi connectivity index (χ0v) is 13.5. The zero-order chi connectivity index (χ0) is 16.7. The van der Waals surface area contributed by atoms with Crippen LogP contribution in [0.15, 0.2) is 41.1 Å². The van der Waals surface area contributed by atoms with Gasteiger partial charge >= 0.3 is 6.03 Å². The van der Waals surface area contributed by atoms with Crippen LogP contribution in [0.4, 0.5) is 9.18 Å². The number of hydrogen-bond donors (Lipinski definition) is 3. The summed E-state index contributed by atoms with van der Waals surface area (Å²) in [6, 6.07) is 6.87. The highest BCUT2D eigenvalue weighted by Gasteiger charge is 2.12. The van der Waals surface area contributed by atoms with Gasteiger partial charge in [0, 0.05) is 6.54 Å². The molecule has 1 aromatic heterocycles. The normalized spacial score (nSPS) is 13.2. The summed E-state index contributed by atoms with van der Waals surface area (Å²) in [5, 5.41) is 18.9. The van der Waals surface area contributed by atoms with Crippen LogP contribution in [0.3, 0.4) is 0 Å². The van der Waals surface area contributed by atoms with Gasteiger partial charge in [0.2, 0.25) is 0 Å². The van der Waals surface area contributed by atoms with Gasteiger partial charge in [0.05, 0.1) is 12.1 Å². The Morgan fingerprint density at radius 2 is 2.09 bits per heavy atom. The van der Waals surface area contributed by atoms with Crippen molar-refractivity contribution in [1.29, 1.82) is 0 Å². The van der Waals surface area contributed by atoms with Gasteiger partial charge in [0.25, 0.3) is 0 Å². The first-order chi connectivity index (χ1) is 11.0. The molecule has 3 N–H and O–H groups in total. The second kappa shape index (κ2) is 8.50. The average molecular weight is 338 g/mol. The SMILES string of the molecule is C[C@H](COc1ccc(F)cc1)NC(=O)NC[C@H](O)c1ccsc1. The quantitative estimate of drug-likeness (QED) is 0.727. The van der Waals surface area contributed by atoms with Crippen molar-refractivity contribution in [2.45, 2.75) is 19.1 Å². The molecule has 124 valence electrons. The lowest BCUT2D eigenvalue weighted by Gasteiger charge is -2.16. The third-order valence-corrected chi connectivity index (χ3v) is 3.78. The van der Waals surface area contributed by atoms with E-state index in [9.17, 15) is 14.3 Å². The van der Waals surface area contributed by atoms with Gasteiger partial charge in [0.15, 0.2) is 0 Å². The van der Waals surface area contributed by atoms with Gasteiger partial charge in [0.1, 0.15) is 18.2 Å². The minimum Gasteiger partial charge on any atom is -0.491 e. The Bertz CT molecular complexity index is 604. The highest BCUT2D eigenvalue weighted by atomic mass is 32.1. The first-order valence-corrected chi connectivity index (χ1v) is 8.12. The van der Waals surface area contributed by atoms with E-state index in [-0.39, 0.29) is 31.0 Å². The van der Waals surface area contributed by atoms with Crippen LogP contribution in [0.1, 0.15) is 18.6 Å². The lowest BCUT2D eigenvalue weighted by Crippen LogP contribution is -2.44. The monoisotopic (exact) mass is 338 g/mol. The molecule has 1 heterocycles. The fourth-order valence-corrected chi connectivity index (χ4v) is 2.55. The Balaban J connectivity index is 1.67. The van der Waals surface area contributed by atoms with Gasteiger partial charge in [-0.2, -0.15) is 11.3 Å². The summed E-state index contributed by atoms with van der Waals surface area (Å²) in [7, 11) is 0. The number of thiophene rings is 1. The Kier molecular flexibility index (Phi) is 6.37. The highest BCUT2D eigenvalue weighted by molar-refractivity contribution is 7.07. The predicted octanol–water partition coefficient (Wildman–Crippen LogP) is 2.69. The molecule has 23 heavy (non-hydrogen) atoms. The molecule has 2 aromatic rings. The standard InChI is InChI=1S/C16H19FN2O3S/c1-11(9-22-14-4-2-13(17)3-5-14)19-16(21)18-8-15(20)12-6-7-23-10-12/h2-7,10-11,15,20H,8-9H2,1H3,(H2,18,19,21)/t11-,15+/m1/s1. The lowest BCUT2D eigenvalue weighted by atomic mass is 10.2. The largest absolute Gasteiger partial charge is 0.491 e. The molecule has 0 unspecified atom stereocenters. The molecule has 1 aromatic carbocycles. The molecular weight excluding hydrogens is 319 g/mol. The van der Waals surface area contributed by atoms with Gasteiger partial charge < -0.3 is 20.5 Å². The maximum atomic E-state index is 12.8. The summed E-state index contributed by atoms with van der Waals surface area (Å²) in [5.41, 5.74) is 0.781. The van der Waals surface area contributed by atoms with Gasteiger partial charge in [-0.15, -0.1) is 0 Å². The van der Waals surface area contributed by atoms with Crippen LogP contribution in [0.2, 0.25) is 0 Å². The lowest BCUT2D eigenvalue weighted by molar-refractivity contribution is 0.172. The molecule has 0 saturated carbocycles. The highest BCUT2D eigenvalue weighted by Crippen LogP contribution is 2.15. The molecule has 0 aliphatic heterocycles. The van der Waals surface area contributed by atoms with E-state index in [4.69, 9.17) is 4.74 Å². The molecule has 7 heteroatoms. The number of hydrogen-bond acceptors (Lipinski definition) is 4. The molecule has 0 spiro atoms. The molecule has 0 saturated heterocycles. The van der Waals surface area contributed by atoms with E-state index in [2.05, 4.69) is 10.6 Å². The van der Waals surface area contributed by atoms with Crippen molar-refractivity contribution in [2.75, 3.05) is 13.2 Å². The molecule has 0 fully saturated rings. The van der Waals surface area contributed by atoms with Crippen LogP contribution >= 0.6 is 11.3 Å². The first-order valence-electron chi connectivity index (χ1n) is 7.17. The third-order valence-electron chi connectivity index (χ3n) is 3.08.